The monoisotopic (exact) mass is 287 g/mol. The molecule has 0 bridgehead atoms. The molecule has 0 aliphatic carbocycles. The first-order valence-corrected chi connectivity index (χ1v) is 6.75. The largest absolute Gasteiger partial charge is 0.486 e. The van der Waals surface area contributed by atoms with Crippen molar-refractivity contribution >= 4 is 0 Å². The summed E-state index contributed by atoms with van der Waals surface area (Å²) in [5, 5.41) is 2.98. The fraction of sp³-hybridized carbons (Fsp3) is 0.571. The minimum atomic E-state index is -4.19. The molecule has 2 heterocycles. The Balaban J connectivity index is 1.90. The molecule has 0 aromatic heterocycles. The summed E-state index contributed by atoms with van der Waals surface area (Å²) in [6.07, 6.45) is -3.48. The number of hydrogen-bond donors (Lipinski definition) is 1. The molecule has 0 saturated carbocycles. The molecule has 1 aromatic carbocycles. The van der Waals surface area contributed by atoms with Gasteiger partial charge in [-0.2, -0.15) is 13.2 Å². The molecule has 2 aliphatic heterocycles. The third-order valence-corrected chi connectivity index (χ3v) is 3.80. The van der Waals surface area contributed by atoms with Crippen LogP contribution in [0, 0.1) is 5.92 Å². The number of nitrogens with one attached hydrogen (secondary N) is 1. The number of fused-ring (bicyclic) bond motifs is 1. The molecule has 3 nitrogen and oxygen atoms in total. The van der Waals surface area contributed by atoms with Crippen molar-refractivity contribution in [2.24, 2.45) is 5.92 Å². The summed E-state index contributed by atoms with van der Waals surface area (Å²) in [6.45, 7) is 1.50. The van der Waals surface area contributed by atoms with Gasteiger partial charge >= 0.3 is 6.18 Å². The molecule has 3 rings (SSSR count). The Hall–Kier alpha value is -1.43. The Morgan fingerprint density at radius 1 is 1.10 bits per heavy atom. The average molecular weight is 287 g/mol. The zero-order valence-corrected chi connectivity index (χ0v) is 10.9. The molecule has 2 atom stereocenters. The van der Waals surface area contributed by atoms with E-state index in [1.54, 1.807) is 18.2 Å². The molecule has 6 heteroatoms. The van der Waals surface area contributed by atoms with Crippen LogP contribution in [0.2, 0.25) is 0 Å². The van der Waals surface area contributed by atoms with E-state index in [0.717, 1.165) is 0 Å². The van der Waals surface area contributed by atoms with Crippen molar-refractivity contribution in [1.29, 1.82) is 0 Å². The highest BCUT2D eigenvalue weighted by Crippen LogP contribution is 2.43. The Bertz CT molecular complexity index is 490. The fourth-order valence-electron chi connectivity index (χ4n) is 2.84. The second-order valence-corrected chi connectivity index (χ2v) is 5.13. The molecule has 110 valence electrons. The summed E-state index contributed by atoms with van der Waals surface area (Å²) < 4.78 is 50.2. The van der Waals surface area contributed by atoms with Gasteiger partial charge in [0.15, 0.2) is 11.5 Å². The van der Waals surface area contributed by atoms with E-state index in [1.165, 1.54) is 0 Å². The lowest BCUT2D eigenvalue weighted by molar-refractivity contribution is -0.189. The van der Waals surface area contributed by atoms with Gasteiger partial charge in [-0.05, 0) is 37.1 Å². The summed E-state index contributed by atoms with van der Waals surface area (Å²) >= 11 is 0. The van der Waals surface area contributed by atoms with Crippen LogP contribution in [0.4, 0.5) is 13.2 Å². The van der Waals surface area contributed by atoms with Crippen LogP contribution in [-0.2, 0) is 0 Å². The van der Waals surface area contributed by atoms with Crippen molar-refractivity contribution in [2.75, 3.05) is 19.8 Å². The smallest absolute Gasteiger partial charge is 0.393 e. The van der Waals surface area contributed by atoms with Crippen molar-refractivity contribution in [3.63, 3.8) is 0 Å². The van der Waals surface area contributed by atoms with Gasteiger partial charge in [-0.25, -0.2) is 0 Å². The van der Waals surface area contributed by atoms with Crippen LogP contribution in [0.5, 0.6) is 11.5 Å². The van der Waals surface area contributed by atoms with Gasteiger partial charge in [-0.1, -0.05) is 6.07 Å². The molecule has 1 N–H and O–H groups in total. The molecular weight excluding hydrogens is 271 g/mol. The number of benzene rings is 1. The maximum absolute atomic E-state index is 13.1. The number of piperidine rings is 1. The first-order valence-electron chi connectivity index (χ1n) is 6.75. The minimum Gasteiger partial charge on any atom is -0.486 e. The lowest BCUT2D eigenvalue weighted by Gasteiger charge is -2.34. The molecular formula is C14H16F3NO2. The van der Waals surface area contributed by atoms with E-state index in [0.29, 0.717) is 43.2 Å². The predicted molar refractivity (Wildman–Crippen MR) is 67.0 cm³/mol. The summed E-state index contributed by atoms with van der Waals surface area (Å²) in [6, 6.07) is 4.33. The first-order chi connectivity index (χ1) is 9.55. The Labute approximate surface area is 115 Å². The van der Waals surface area contributed by atoms with Gasteiger partial charge in [0.05, 0.1) is 5.92 Å². The van der Waals surface area contributed by atoms with Crippen molar-refractivity contribution < 1.29 is 22.6 Å². The van der Waals surface area contributed by atoms with Crippen LogP contribution < -0.4 is 14.8 Å². The topological polar surface area (TPSA) is 30.5 Å². The quantitative estimate of drug-likeness (QED) is 0.861. The summed E-state index contributed by atoms with van der Waals surface area (Å²) in [5.41, 5.74) is 0.608. The molecule has 0 spiro atoms. The first kappa shape index (κ1) is 13.5. The number of alkyl halides is 3. The summed E-state index contributed by atoms with van der Waals surface area (Å²) in [5.74, 6) is -0.222. The average Bonchev–Trinajstić information content (AvgIpc) is 2.46. The number of rotatable bonds is 1. The van der Waals surface area contributed by atoms with Crippen LogP contribution in [0.1, 0.15) is 24.4 Å². The Morgan fingerprint density at radius 3 is 2.60 bits per heavy atom. The fourth-order valence-corrected chi connectivity index (χ4v) is 2.84. The van der Waals surface area contributed by atoms with Crippen molar-refractivity contribution in [2.45, 2.75) is 25.1 Å². The molecule has 2 unspecified atom stereocenters. The van der Waals surface area contributed by atoms with Crippen LogP contribution in [0.25, 0.3) is 0 Å². The second-order valence-electron chi connectivity index (χ2n) is 5.13. The standard InChI is InChI=1S/C14H16F3NO2/c15-14(16,17)10-2-1-5-18-13(10)9-3-4-11-12(8-9)20-7-6-19-11/h3-4,8,10,13,18H,1-2,5-7H2. The highest BCUT2D eigenvalue weighted by Gasteiger charge is 2.46. The molecule has 1 fully saturated rings. The Kier molecular flexibility index (Phi) is 3.50. The van der Waals surface area contributed by atoms with Crippen LogP contribution in [0.3, 0.4) is 0 Å². The second kappa shape index (κ2) is 5.16. The maximum Gasteiger partial charge on any atom is 0.393 e. The lowest BCUT2D eigenvalue weighted by atomic mass is 9.85. The van der Waals surface area contributed by atoms with Gasteiger partial charge in [0, 0.05) is 6.04 Å². The van der Waals surface area contributed by atoms with Crippen molar-refractivity contribution in [3.8, 4) is 11.5 Å². The normalized spacial score (nSPS) is 26.4. The van der Waals surface area contributed by atoms with E-state index in [1.807, 2.05) is 0 Å². The van der Waals surface area contributed by atoms with Gasteiger partial charge in [0.2, 0.25) is 0 Å². The number of halogens is 3. The van der Waals surface area contributed by atoms with E-state index in [9.17, 15) is 13.2 Å². The highest BCUT2D eigenvalue weighted by atomic mass is 19.4. The Morgan fingerprint density at radius 2 is 1.85 bits per heavy atom. The third kappa shape index (κ3) is 2.57. The van der Waals surface area contributed by atoms with E-state index in [-0.39, 0.29) is 6.42 Å². The van der Waals surface area contributed by atoms with E-state index < -0.39 is 18.1 Å². The van der Waals surface area contributed by atoms with Crippen molar-refractivity contribution in [3.05, 3.63) is 23.8 Å². The zero-order chi connectivity index (χ0) is 14.2. The zero-order valence-electron chi connectivity index (χ0n) is 10.9. The van der Waals surface area contributed by atoms with Crippen LogP contribution in [-0.4, -0.2) is 25.9 Å². The number of ether oxygens (including phenoxy) is 2. The minimum absolute atomic E-state index is 0.162. The predicted octanol–water partition coefficient (Wildman–Crippen LogP) is 3.06. The maximum atomic E-state index is 13.1. The van der Waals surface area contributed by atoms with Gasteiger partial charge in [0.25, 0.3) is 0 Å². The third-order valence-electron chi connectivity index (χ3n) is 3.80. The molecule has 2 aliphatic rings. The SMILES string of the molecule is FC(F)(F)C1CCCNC1c1ccc2c(c1)OCCO2. The number of hydrogen-bond acceptors (Lipinski definition) is 3. The molecule has 1 aromatic rings. The van der Waals surface area contributed by atoms with Gasteiger partial charge in [-0.15, -0.1) is 0 Å². The van der Waals surface area contributed by atoms with Crippen LogP contribution >= 0.6 is 0 Å². The van der Waals surface area contributed by atoms with Gasteiger partial charge < -0.3 is 14.8 Å². The molecule has 0 amide bonds. The van der Waals surface area contributed by atoms with E-state index in [4.69, 9.17) is 9.47 Å². The van der Waals surface area contributed by atoms with E-state index >= 15 is 0 Å². The van der Waals surface area contributed by atoms with Crippen LogP contribution in [0.15, 0.2) is 18.2 Å². The molecule has 1 saturated heterocycles. The summed E-state index contributed by atoms with van der Waals surface area (Å²) in [7, 11) is 0. The summed E-state index contributed by atoms with van der Waals surface area (Å²) in [4.78, 5) is 0. The molecule has 0 radical (unpaired) electrons. The van der Waals surface area contributed by atoms with Crippen molar-refractivity contribution in [1.82, 2.24) is 5.32 Å². The van der Waals surface area contributed by atoms with E-state index in [2.05, 4.69) is 5.32 Å². The highest BCUT2D eigenvalue weighted by molar-refractivity contribution is 5.45. The lowest BCUT2D eigenvalue weighted by Crippen LogP contribution is -2.41. The van der Waals surface area contributed by atoms with Gasteiger partial charge in [-0.3, -0.25) is 0 Å². The van der Waals surface area contributed by atoms with Gasteiger partial charge in [0.1, 0.15) is 13.2 Å². The molecule has 20 heavy (non-hydrogen) atoms.